The van der Waals surface area contributed by atoms with E-state index in [-0.39, 0.29) is 11.7 Å². The van der Waals surface area contributed by atoms with E-state index in [1.54, 1.807) is 4.57 Å². The number of carbonyl (C=O) groups is 1. The predicted octanol–water partition coefficient (Wildman–Crippen LogP) is 1.79. The van der Waals surface area contributed by atoms with Crippen LogP contribution >= 0.6 is 27.7 Å². The van der Waals surface area contributed by atoms with Gasteiger partial charge in [-0.2, -0.15) is 0 Å². The SMILES string of the molecule is Nc1nnc(SCC(=O)O)n1-c1ccccc1Br. The highest BCUT2D eigenvalue weighted by Crippen LogP contribution is 2.27. The van der Waals surface area contributed by atoms with Crippen LogP contribution in [0.1, 0.15) is 0 Å². The van der Waals surface area contributed by atoms with Gasteiger partial charge in [-0.05, 0) is 28.1 Å². The lowest BCUT2D eigenvalue weighted by Gasteiger charge is -2.08. The molecule has 94 valence electrons. The van der Waals surface area contributed by atoms with Gasteiger partial charge in [0.2, 0.25) is 5.95 Å². The van der Waals surface area contributed by atoms with E-state index in [9.17, 15) is 4.79 Å². The van der Waals surface area contributed by atoms with Crippen LogP contribution in [0.25, 0.3) is 5.69 Å². The Labute approximate surface area is 115 Å². The minimum atomic E-state index is -0.916. The predicted molar refractivity (Wildman–Crippen MR) is 71.8 cm³/mol. The van der Waals surface area contributed by atoms with Gasteiger partial charge in [0, 0.05) is 4.47 Å². The second-order valence-electron chi connectivity index (χ2n) is 3.31. The quantitative estimate of drug-likeness (QED) is 0.831. The molecule has 0 atom stereocenters. The van der Waals surface area contributed by atoms with Gasteiger partial charge in [-0.3, -0.25) is 9.36 Å². The first-order chi connectivity index (χ1) is 8.59. The third kappa shape index (κ3) is 2.65. The van der Waals surface area contributed by atoms with Gasteiger partial charge in [0.1, 0.15) is 0 Å². The van der Waals surface area contributed by atoms with Crippen molar-refractivity contribution in [3.05, 3.63) is 28.7 Å². The van der Waals surface area contributed by atoms with Crippen LogP contribution in [0.4, 0.5) is 5.95 Å². The first-order valence-corrected chi connectivity index (χ1v) is 6.68. The minimum absolute atomic E-state index is 0.0947. The Kier molecular flexibility index (Phi) is 3.87. The number of nitrogens with two attached hydrogens (primary N) is 1. The Balaban J connectivity index is 2.41. The molecule has 0 aliphatic rings. The number of carboxylic acids is 1. The summed E-state index contributed by atoms with van der Waals surface area (Å²) < 4.78 is 2.44. The van der Waals surface area contributed by atoms with Crippen LogP contribution in [0.2, 0.25) is 0 Å². The number of halogens is 1. The fourth-order valence-electron chi connectivity index (χ4n) is 1.36. The highest BCUT2D eigenvalue weighted by molar-refractivity contribution is 9.10. The molecule has 18 heavy (non-hydrogen) atoms. The van der Waals surface area contributed by atoms with Gasteiger partial charge in [0.05, 0.1) is 11.4 Å². The number of carboxylic acid groups (broad SMARTS) is 1. The van der Waals surface area contributed by atoms with Crippen molar-refractivity contribution in [2.45, 2.75) is 5.16 Å². The number of hydrogen-bond donors (Lipinski definition) is 2. The fourth-order valence-corrected chi connectivity index (χ4v) is 2.49. The van der Waals surface area contributed by atoms with E-state index >= 15 is 0 Å². The van der Waals surface area contributed by atoms with E-state index in [1.807, 2.05) is 24.3 Å². The molecule has 3 N–H and O–H groups in total. The molecule has 8 heteroatoms. The summed E-state index contributed by atoms with van der Waals surface area (Å²) in [5, 5.41) is 16.8. The first-order valence-electron chi connectivity index (χ1n) is 4.90. The molecule has 1 aromatic heterocycles. The number of thioether (sulfide) groups is 1. The van der Waals surface area contributed by atoms with E-state index in [1.165, 1.54) is 0 Å². The van der Waals surface area contributed by atoms with Gasteiger partial charge >= 0.3 is 5.97 Å². The van der Waals surface area contributed by atoms with Crippen molar-refractivity contribution < 1.29 is 9.90 Å². The zero-order valence-electron chi connectivity index (χ0n) is 9.08. The second-order valence-corrected chi connectivity index (χ2v) is 5.11. The number of aliphatic carboxylic acids is 1. The summed E-state index contributed by atoms with van der Waals surface area (Å²) in [4.78, 5) is 10.6. The molecule has 6 nitrogen and oxygen atoms in total. The number of nitrogen functional groups attached to an aromatic ring is 1. The maximum Gasteiger partial charge on any atom is 0.313 e. The van der Waals surface area contributed by atoms with Crippen molar-refractivity contribution in [2.75, 3.05) is 11.5 Å². The van der Waals surface area contributed by atoms with Crippen LogP contribution in [0.3, 0.4) is 0 Å². The van der Waals surface area contributed by atoms with Crippen LogP contribution in [-0.4, -0.2) is 31.6 Å². The molecule has 0 aliphatic heterocycles. The molecule has 1 aromatic carbocycles. The van der Waals surface area contributed by atoms with Crippen LogP contribution in [-0.2, 0) is 4.79 Å². The number of rotatable bonds is 4. The molecule has 0 amide bonds. The molecule has 0 spiro atoms. The number of aromatic nitrogens is 3. The number of hydrogen-bond acceptors (Lipinski definition) is 5. The molecule has 0 saturated heterocycles. The van der Waals surface area contributed by atoms with E-state index < -0.39 is 5.97 Å². The smallest absolute Gasteiger partial charge is 0.313 e. The number of para-hydroxylation sites is 1. The second kappa shape index (κ2) is 5.40. The lowest BCUT2D eigenvalue weighted by molar-refractivity contribution is -0.133. The summed E-state index contributed by atoms with van der Waals surface area (Å²) >= 11 is 4.48. The van der Waals surface area contributed by atoms with Gasteiger partial charge in [-0.15, -0.1) is 10.2 Å². The minimum Gasteiger partial charge on any atom is -0.481 e. The van der Waals surface area contributed by atoms with E-state index in [0.29, 0.717) is 5.16 Å². The van der Waals surface area contributed by atoms with E-state index in [0.717, 1.165) is 21.9 Å². The Bertz CT molecular complexity index is 587. The molecule has 0 unspecified atom stereocenters. The first kappa shape index (κ1) is 12.9. The molecule has 0 saturated carbocycles. The zero-order chi connectivity index (χ0) is 13.1. The Morgan fingerprint density at radius 3 is 2.83 bits per heavy atom. The lowest BCUT2D eigenvalue weighted by atomic mass is 10.3. The van der Waals surface area contributed by atoms with Gasteiger partial charge in [-0.25, -0.2) is 0 Å². The summed E-state index contributed by atoms with van der Waals surface area (Å²) in [6, 6.07) is 7.43. The number of benzene rings is 1. The Hall–Kier alpha value is -1.54. The number of nitrogens with zero attached hydrogens (tertiary/aromatic N) is 3. The standard InChI is InChI=1S/C10H9BrN4O2S/c11-6-3-1-2-4-7(6)15-9(12)13-14-10(15)18-5-8(16)17/h1-4H,5H2,(H2,12,13)(H,16,17). The fraction of sp³-hybridized carbons (Fsp3) is 0.100. The largest absolute Gasteiger partial charge is 0.481 e. The van der Waals surface area contributed by atoms with Crippen LogP contribution < -0.4 is 5.73 Å². The monoisotopic (exact) mass is 328 g/mol. The van der Waals surface area contributed by atoms with Gasteiger partial charge in [-0.1, -0.05) is 23.9 Å². The summed E-state index contributed by atoms with van der Waals surface area (Å²) in [5.41, 5.74) is 6.53. The van der Waals surface area contributed by atoms with Crippen molar-refractivity contribution in [1.29, 1.82) is 0 Å². The third-order valence-corrected chi connectivity index (χ3v) is 3.66. The van der Waals surface area contributed by atoms with Crippen LogP contribution in [0.5, 0.6) is 0 Å². The zero-order valence-corrected chi connectivity index (χ0v) is 11.5. The summed E-state index contributed by atoms with van der Waals surface area (Å²) in [6.45, 7) is 0. The normalized spacial score (nSPS) is 10.5. The summed E-state index contributed by atoms with van der Waals surface area (Å²) in [7, 11) is 0. The lowest BCUT2D eigenvalue weighted by Crippen LogP contribution is -2.05. The van der Waals surface area contributed by atoms with Crippen molar-refractivity contribution in [2.24, 2.45) is 0 Å². The van der Waals surface area contributed by atoms with E-state index in [4.69, 9.17) is 10.8 Å². The number of anilines is 1. The molecule has 0 fully saturated rings. The van der Waals surface area contributed by atoms with Crippen molar-refractivity contribution >= 4 is 39.6 Å². The molecular weight excluding hydrogens is 320 g/mol. The molecule has 0 radical (unpaired) electrons. The average Bonchev–Trinajstić information content (AvgIpc) is 2.69. The third-order valence-electron chi connectivity index (χ3n) is 2.08. The molecule has 1 heterocycles. The average molecular weight is 329 g/mol. The Morgan fingerprint density at radius 2 is 2.17 bits per heavy atom. The van der Waals surface area contributed by atoms with Crippen LogP contribution in [0, 0.1) is 0 Å². The Morgan fingerprint density at radius 1 is 1.44 bits per heavy atom. The van der Waals surface area contributed by atoms with Crippen molar-refractivity contribution in [3.8, 4) is 5.69 Å². The summed E-state index contributed by atoms with van der Waals surface area (Å²) in [5.74, 6) is -0.794. The maximum atomic E-state index is 10.6. The molecule has 2 aromatic rings. The molecule has 0 aliphatic carbocycles. The van der Waals surface area contributed by atoms with Gasteiger partial charge in [0.15, 0.2) is 5.16 Å². The van der Waals surface area contributed by atoms with Gasteiger partial charge < -0.3 is 10.8 Å². The van der Waals surface area contributed by atoms with Crippen molar-refractivity contribution in [1.82, 2.24) is 14.8 Å². The molecule has 2 rings (SSSR count). The maximum absolute atomic E-state index is 10.6. The molecule has 0 bridgehead atoms. The molecular formula is C10H9BrN4O2S. The topological polar surface area (TPSA) is 94.0 Å². The van der Waals surface area contributed by atoms with Gasteiger partial charge in [0.25, 0.3) is 0 Å². The highest BCUT2D eigenvalue weighted by Gasteiger charge is 2.15. The summed E-state index contributed by atoms with van der Waals surface area (Å²) in [6.07, 6.45) is 0. The highest BCUT2D eigenvalue weighted by atomic mass is 79.9. The van der Waals surface area contributed by atoms with Crippen LogP contribution in [0.15, 0.2) is 33.9 Å². The van der Waals surface area contributed by atoms with Crippen molar-refractivity contribution in [3.63, 3.8) is 0 Å². The van der Waals surface area contributed by atoms with E-state index in [2.05, 4.69) is 26.1 Å².